The summed E-state index contributed by atoms with van der Waals surface area (Å²) in [5.41, 5.74) is 0. The van der Waals surface area contributed by atoms with Crippen LogP contribution >= 0.6 is 0 Å². The van der Waals surface area contributed by atoms with Crippen molar-refractivity contribution >= 4 is 11.8 Å². The summed E-state index contributed by atoms with van der Waals surface area (Å²) in [6.07, 6.45) is 4.47. The molecule has 0 unspecified atom stereocenters. The Hall–Kier alpha value is -2.64. The van der Waals surface area contributed by atoms with Crippen LogP contribution in [-0.4, -0.2) is 38.7 Å². The number of hydrogen-bond donors (Lipinski definition) is 2. The zero-order chi connectivity index (χ0) is 17.7. The van der Waals surface area contributed by atoms with Crippen molar-refractivity contribution in [3.05, 3.63) is 36.8 Å². The first kappa shape index (κ1) is 17.7. The minimum absolute atomic E-state index is 0.0648. The molecule has 2 amide bonds. The Morgan fingerprint density at radius 2 is 1.96 bits per heavy atom. The first-order valence-corrected chi connectivity index (χ1v) is 7.89. The Morgan fingerprint density at radius 3 is 2.50 bits per heavy atom. The van der Waals surface area contributed by atoms with Gasteiger partial charge in [0.25, 0.3) is 5.91 Å². The van der Waals surface area contributed by atoms with Gasteiger partial charge in [0.05, 0.1) is 12.3 Å². The van der Waals surface area contributed by atoms with Gasteiger partial charge in [-0.1, -0.05) is 13.8 Å². The summed E-state index contributed by atoms with van der Waals surface area (Å²) in [4.78, 5) is 28.6. The number of aromatic nitrogens is 3. The second-order valence-electron chi connectivity index (χ2n) is 6.09. The number of amides is 2. The van der Waals surface area contributed by atoms with Crippen molar-refractivity contribution in [2.24, 2.45) is 5.92 Å². The molecule has 2 rings (SSSR count). The molecule has 2 aromatic rings. The average Bonchev–Trinajstić information content (AvgIpc) is 3.23. The minimum atomic E-state index is -0.659. The van der Waals surface area contributed by atoms with Crippen LogP contribution in [0.15, 0.2) is 35.5 Å². The van der Waals surface area contributed by atoms with Crippen LogP contribution in [0.2, 0.25) is 0 Å². The number of hydrogen-bond acceptors (Lipinski definition) is 5. The predicted octanol–water partition coefficient (Wildman–Crippen LogP) is 1.39. The summed E-state index contributed by atoms with van der Waals surface area (Å²) in [5, 5.41) is 9.72. The molecule has 8 nitrogen and oxygen atoms in total. The van der Waals surface area contributed by atoms with Crippen molar-refractivity contribution < 1.29 is 14.0 Å². The lowest BCUT2D eigenvalue weighted by Gasteiger charge is -2.26. The minimum Gasteiger partial charge on any atom is -0.459 e. The zero-order valence-corrected chi connectivity index (χ0v) is 14.3. The Kier molecular flexibility index (Phi) is 5.73. The van der Waals surface area contributed by atoms with Gasteiger partial charge in [0, 0.05) is 6.04 Å². The van der Waals surface area contributed by atoms with Gasteiger partial charge in [-0.2, -0.15) is 5.10 Å². The molecule has 0 aliphatic heterocycles. The van der Waals surface area contributed by atoms with Crippen LogP contribution < -0.4 is 10.6 Å². The van der Waals surface area contributed by atoms with E-state index >= 15 is 0 Å². The van der Waals surface area contributed by atoms with E-state index in [4.69, 9.17) is 4.42 Å². The predicted molar refractivity (Wildman–Crippen MR) is 87.1 cm³/mol. The van der Waals surface area contributed by atoms with Crippen LogP contribution in [0.25, 0.3) is 0 Å². The van der Waals surface area contributed by atoms with E-state index < -0.39 is 11.9 Å². The molecule has 2 heterocycles. The summed E-state index contributed by atoms with van der Waals surface area (Å²) < 4.78 is 6.74. The maximum Gasteiger partial charge on any atom is 0.287 e. The topological polar surface area (TPSA) is 102 Å². The number of rotatable bonds is 7. The fourth-order valence-corrected chi connectivity index (χ4v) is 2.25. The molecule has 2 aromatic heterocycles. The third-order valence-electron chi connectivity index (χ3n) is 3.93. The van der Waals surface area contributed by atoms with Gasteiger partial charge in [-0.15, -0.1) is 0 Å². The van der Waals surface area contributed by atoms with Crippen LogP contribution in [0.4, 0.5) is 0 Å². The zero-order valence-electron chi connectivity index (χ0n) is 14.3. The lowest BCUT2D eigenvalue weighted by Crippen LogP contribution is -2.52. The highest BCUT2D eigenvalue weighted by Crippen LogP contribution is 2.11. The van der Waals surface area contributed by atoms with E-state index in [0.717, 1.165) is 0 Å². The van der Waals surface area contributed by atoms with E-state index in [1.165, 1.54) is 12.6 Å². The van der Waals surface area contributed by atoms with Gasteiger partial charge in [0.2, 0.25) is 5.91 Å². The molecule has 0 saturated heterocycles. The monoisotopic (exact) mass is 333 g/mol. The lowest BCUT2D eigenvalue weighted by molar-refractivity contribution is -0.124. The van der Waals surface area contributed by atoms with Crippen molar-refractivity contribution in [3.63, 3.8) is 0 Å². The average molecular weight is 333 g/mol. The highest BCUT2D eigenvalue weighted by atomic mass is 16.3. The van der Waals surface area contributed by atoms with Gasteiger partial charge in [-0.3, -0.25) is 9.59 Å². The van der Waals surface area contributed by atoms with Gasteiger partial charge < -0.3 is 15.1 Å². The van der Waals surface area contributed by atoms with Crippen LogP contribution in [0, 0.1) is 5.92 Å². The molecule has 0 aromatic carbocycles. The molecule has 0 aliphatic rings. The molecule has 0 aliphatic carbocycles. The number of furan rings is 1. The van der Waals surface area contributed by atoms with E-state index in [-0.39, 0.29) is 29.7 Å². The molecule has 0 saturated carbocycles. The number of carbonyl (C=O) groups excluding carboxylic acids is 2. The third kappa shape index (κ3) is 4.21. The largest absolute Gasteiger partial charge is 0.459 e. The highest BCUT2D eigenvalue weighted by Gasteiger charge is 2.28. The molecular weight excluding hydrogens is 310 g/mol. The van der Waals surface area contributed by atoms with Crippen molar-refractivity contribution in [3.8, 4) is 0 Å². The molecule has 2 N–H and O–H groups in total. The second-order valence-corrected chi connectivity index (χ2v) is 6.09. The van der Waals surface area contributed by atoms with E-state index in [1.54, 1.807) is 23.1 Å². The summed E-state index contributed by atoms with van der Waals surface area (Å²) in [7, 11) is 0. The van der Waals surface area contributed by atoms with Crippen LogP contribution in [-0.2, 0) is 4.79 Å². The molecule has 3 atom stereocenters. The molecule has 0 spiro atoms. The van der Waals surface area contributed by atoms with Crippen LogP contribution in [0.1, 0.15) is 44.3 Å². The Labute approximate surface area is 140 Å². The standard InChI is InChI=1S/C16H23N5O3/c1-10(2)14(20-15(22)13-6-5-7-24-13)16(23)19-11(3)12(4)21-9-17-8-18-21/h5-12,14H,1-4H3,(H,19,23)(H,20,22)/t11-,12+,14-/m0/s1. The van der Waals surface area contributed by atoms with Gasteiger partial charge in [0.1, 0.15) is 18.7 Å². The van der Waals surface area contributed by atoms with Crippen molar-refractivity contribution in [2.45, 2.75) is 45.8 Å². The molecule has 24 heavy (non-hydrogen) atoms. The summed E-state index contributed by atoms with van der Waals surface area (Å²) in [6.45, 7) is 7.57. The first-order valence-electron chi connectivity index (χ1n) is 7.89. The number of carbonyl (C=O) groups is 2. The third-order valence-corrected chi connectivity index (χ3v) is 3.93. The summed E-state index contributed by atoms with van der Waals surface area (Å²) in [6, 6.07) is 2.28. The fourth-order valence-electron chi connectivity index (χ4n) is 2.25. The van der Waals surface area contributed by atoms with Crippen molar-refractivity contribution in [1.82, 2.24) is 25.4 Å². The van der Waals surface area contributed by atoms with Gasteiger partial charge in [-0.05, 0) is 31.9 Å². The van der Waals surface area contributed by atoms with Crippen LogP contribution in [0.5, 0.6) is 0 Å². The molecule has 130 valence electrons. The fraction of sp³-hybridized carbons (Fsp3) is 0.500. The van der Waals surface area contributed by atoms with Gasteiger partial charge >= 0.3 is 0 Å². The van der Waals surface area contributed by atoms with Crippen LogP contribution in [0.3, 0.4) is 0 Å². The molecular formula is C16H23N5O3. The first-order chi connectivity index (χ1) is 11.4. The lowest BCUT2D eigenvalue weighted by atomic mass is 10.0. The maximum absolute atomic E-state index is 12.6. The smallest absolute Gasteiger partial charge is 0.287 e. The molecule has 0 radical (unpaired) electrons. The van der Waals surface area contributed by atoms with E-state index in [0.29, 0.717) is 0 Å². The highest BCUT2D eigenvalue weighted by molar-refractivity contribution is 5.95. The number of nitrogens with zero attached hydrogens (tertiary/aromatic N) is 3. The van der Waals surface area contributed by atoms with Crippen molar-refractivity contribution in [2.75, 3.05) is 0 Å². The normalized spacial score (nSPS) is 14.9. The number of nitrogens with one attached hydrogen (secondary N) is 2. The maximum atomic E-state index is 12.6. The molecule has 0 bridgehead atoms. The van der Waals surface area contributed by atoms with E-state index in [2.05, 4.69) is 20.7 Å². The van der Waals surface area contributed by atoms with Gasteiger partial charge in [-0.25, -0.2) is 9.67 Å². The van der Waals surface area contributed by atoms with E-state index in [1.807, 2.05) is 27.7 Å². The van der Waals surface area contributed by atoms with E-state index in [9.17, 15) is 9.59 Å². The summed E-state index contributed by atoms with van der Waals surface area (Å²) >= 11 is 0. The summed E-state index contributed by atoms with van der Waals surface area (Å²) in [5.74, 6) is -0.550. The Balaban J connectivity index is 1.99. The van der Waals surface area contributed by atoms with Crippen molar-refractivity contribution in [1.29, 1.82) is 0 Å². The molecule has 8 heteroatoms. The molecule has 0 fully saturated rings. The SMILES string of the molecule is CC(C)[C@H](NC(=O)c1ccco1)C(=O)N[C@@H](C)[C@@H](C)n1cncn1. The quantitative estimate of drug-likeness (QED) is 0.797. The Morgan fingerprint density at radius 1 is 1.21 bits per heavy atom. The Bertz CT molecular complexity index is 651. The second kappa shape index (κ2) is 7.76. The van der Waals surface area contributed by atoms with Gasteiger partial charge in [0.15, 0.2) is 5.76 Å².